The van der Waals surface area contributed by atoms with Crippen molar-refractivity contribution in [1.29, 1.82) is 0 Å². The normalized spacial score (nSPS) is 14.4. The van der Waals surface area contributed by atoms with E-state index in [4.69, 9.17) is 14.2 Å². The van der Waals surface area contributed by atoms with Crippen LogP contribution in [0.1, 0.15) is 20.8 Å². The van der Waals surface area contributed by atoms with Gasteiger partial charge in [-0.05, 0) is 32.9 Å². The molecule has 1 heterocycles. The van der Waals surface area contributed by atoms with Crippen molar-refractivity contribution in [3.05, 3.63) is 18.2 Å². The van der Waals surface area contributed by atoms with Gasteiger partial charge in [-0.15, -0.1) is 0 Å². The summed E-state index contributed by atoms with van der Waals surface area (Å²) in [5.41, 5.74) is 0.936. The Labute approximate surface area is 108 Å². The van der Waals surface area contributed by atoms with Crippen LogP contribution in [0.15, 0.2) is 18.2 Å². The summed E-state index contributed by atoms with van der Waals surface area (Å²) in [6, 6.07) is 5.89. The molecule has 0 aliphatic carbocycles. The molecule has 0 saturated carbocycles. The average Bonchev–Trinajstić information content (AvgIpc) is 2.33. The van der Waals surface area contributed by atoms with Gasteiger partial charge in [0.05, 0.1) is 12.2 Å². The molecule has 4 nitrogen and oxygen atoms in total. The van der Waals surface area contributed by atoms with Crippen LogP contribution >= 0.6 is 0 Å². The van der Waals surface area contributed by atoms with Crippen LogP contribution in [0.25, 0.3) is 0 Å². The number of benzene rings is 1. The van der Waals surface area contributed by atoms with Gasteiger partial charge in [0.1, 0.15) is 13.2 Å². The van der Waals surface area contributed by atoms with Gasteiger partial charge >= 0.3 is 0 Å². The van der Waals surface area contributed by atoms with E-state index in [0.29, 0.717) is 19.8 Å². The van der Waals surface area contributed by atoms with Crippen molar-refractivity contribution in [2.45, 2.75) is 26.4 Å². The molecule has 1 aromatic carbocycles. The molecule has 0 spiro atoms. The second kappa shape index (κ2) is 5.48. The van der Waals surface area contributed by atoms with Gasteiger partial charge in [0.25, 0.3) is 0 Å². The Hall–Kier alpha value is -1.42. The molecule has 1 N–H and O–H groups in total. The fourth-order valence-electron chi connectivity index (χ4n) is 1.71. The van der Waals surface area contributed by atoms with Crippen LogP contribution in [0.5, 0.6) is 11.5 Å². The van der Waals surface area contributed by atoms with Crippen LogP contribution in [0.2, 0.25) is 0 Å². The number of ether oxygens (including phenoxy) is 3. The molecule has 0 bridgehead atoms. The molecule has 0 saturated heterocycles. The molecule has 1 aliphatic rings. The first-order chi connectivity index (χ1) is 8.54. The lowest BCUT2D eigenvalue weighted by Gasteiger charge is -2.21. The van der Waals surface area contributed by atoms with Gasteiger partial charge in [-0.25, -0.2) is 0 Å². The predicted molar refractivity (Wildman–Crippen MR) is 71.6 cm³/mol. The largest absolute Gasteiger partial charge is 0.486 e. The fourth-order valence-corrected chi connectivity index (χ4v) is 1.71. The summed E-state index contributed by atoms with van der Waals surface area (Å²) in [6.45, 7) is 8.85. The van der Waals surface area contributed by atoms with E-state index in [1.807, 2.05) is 18.2 Å². The van der Waals surface area contributed by atoms with Gasteiger partial charge in [-0.3, -0.25) is 0 Å². The van der Waals surface area contributed by atoms with Gasteiger partial charge in [0, 0.05) is 18.3 Å². The molecular weight excluding hydrogens is 230 g/mol. The third-order valence-corrected chi connectivity index (χ3v) is 2.51. The SMILES string of the molecule is CC(C)(C)OCCNc1ccc2c(c1)OCCO2. The number of hydrogen-bond acceptors (Lipinski definition) is 4. The van der Waals surface area contributed by atoms with Crippen LogP contribution < -0.4 is 14.8 Å². The van der Waals surface area contributed by atoms with E-state index in [1.54, 1.807) is 0 Å². The number of rotatable bonds is 4. The van der Waals surface area contributed by atoms with Gasteiger partial charge < -0.3 is 19.5 Å². The van der Waals surface area contributed by atoms with Crippen molar-refractivity contribution < 1.29 is 14.2 Å². The lowest BCUT2D eigenvalue weighted by Crippen LogP contribution is -2.23. The molecular formula is C14H21NO3. The maximum atomic E-state index is 5.65. The summed E-state index contributed by atoms with van der Waals surface area (Å²) < 4.78 is 16.6. The van der Waals surface area contributed by atoms with Gasteiger partial charge in [0.2, 0.25) is 0 Å². The third-order valence-electron chi connectivity index (χ3n) is 2.51. The Bertz CT molecular complexity index is 399. The molecule has 4 heteroatoms. The highest BCUT2D eigenvalue weighted by Crippen LogP contribution is 2.32. The Morgan fingerprint density at radius 2 is 1.89 bits per heavy atom. The average molecular weight is 251 g/mol. The van der Waals surface area contributed by atoms with Crippen molar-refractivity contribution in [2.75, 3.05) is 31.7 Å². The molecule has 2 rings (SSSR count). The Morgan fingerprint density at radius 1 is 1.17 bits per heavy atom. The van der Waals surface area contributed by atoms with Crippen LogP contribution in [-0.4, -0.2) is 32.0 Å². The second-order valence-corrected chi connectivity index (χ2v) is 5.25. The van der Waals surface area contributed by atoms with Crippen LogP contribution in [-0.2, 0) is 4.74 Å². The van der Waals surface area contributed by atoms with Gasteiger partial charge in [0.15, 0.2) is 11.5 Å². The topological polar surface area (TPSA) is 39.7 Å². The van der Waals surface area contributed by atoms with E-state index >= 15 is 0 Å². The molecule has 0 radical (unpaired) electrons. The first-order valence-corrected chi connectivity index (χ1v) is 6.32. The molecule has 0 amide bonds. The second-order valence-electron chi connectivity index (χ2n) is 5.25. The van der Waals surface area contributed by atoms with Crippen molar-refractivity contribution >= 4 is 5.69 Å². The summed E-state index contributed by atoms with van der Waals surface area (Å²) in [4.78, 5) is 0. The predicted octanol–water partition coefficient (Wildman–Crippen LogP) is 2.68. The van der Waals surface area contributed by atoms with Gasteiger partial charge in [-0.2, -0.15) is 0 Å². The maximum Gasteiger partial charge on any atom is 0.163 e. The Kier molecular flexibility index (Phi) is 3.97. The zero-order valence-corrected chi connectivity index (χ0v) is 11.3. The quantitative estimate of drug-likeness (QED) is 0.835. The van der Waals surface area contributed by atoms with Gasteiger partial charge in [-0.1, -0.05) is 0 Å². The van der Waals surface area contributed by atoms with Crippen molar-refractivity contribution in [2.24, 2.45) is 0 Å². The lowest BCUT2D eigenvalue weighted by atomic mass is 10.2. The summed E-state index contributed by atoms with van der Waals surface area (Å²) in [5, 5.41) is 3.31. The summed E-state index contributed by atoms with van der Waals surface area (Å²) in [5.74, 6) is 1.63. The zero-order valence-electron chi connectivity index (χ0n) is 11.3. The molecule has 18 heavy (non-hydrogen) atoms. The lowest BCUT2D eigenvalue weighted by molar-refractivity contribution is 0.00333. The molecule has 0 fully saturated rings. The molecule has 0 atom stereocenters. The van der Waals surface area contributed by atoms with Crippen molar-refractivity contribution in [3.63, 3.8) is 0 Å². The van der Waals surface area contributed by atoms with Crippen molar-refractivity contribution in [1.82, 2.24) is 0 Å². The van der Waals surface area contributed by atoms with E-state index in [2.05, 4.69) is 26.1 Å². The number of nitrogens with one attached hydrogen (secondary N) is 1. The van der Waals surface area contributed by atoms with Crippen molar-refractivity contribution in [3.8, 4) is 11.5 Å². The monoisotopic (exact) mass is 251 g/mol. The summed E-state index contributed by atoms with van der Waals surface area (Å²) in [7, 11) is 0. The highest BCUT2D eigenvalue weighted by Gasteiger charge is 2.12. The zero-order chi connectivity index (χ0) is 13.0. The number of anilines is 1. The Balaban J connectivity index is 1.83. The van der Waals surface area contributed by atoms with E-state index in [-0.39, 0.29) is 5.60 Å². The Morgan fingerprint density at radius 3 is 2.61 bits per heavy atom. The minimum absolute atomic E-state index is 0.0888. The summed E-state index contributed by atoms with van der Waals surface area (Å²) in [6.07, 6.45) is 0. The van der Waals surface area contributed by atoms with E-state index in [1.165, 1.54) is 0 Å². The van der Waals surface area contributed by atoms with E-state index in [9.17, 15) is 0 Å². The molecule has 0 aromatic heterocycles. The first kappa shape index (κ1) is 13.0. The smallest absolute Gasteiger partial charge is 0.163 e. The third kappa shape index (κ3) is 3.81. The van der Waals surface area contributed by atoms with E-state index in [0.717, 1.165) is 23.7 Å². The minimum Gasteiger partial charge on any atom is -0.486 e. The molecule has 0 unspecified atom stereocenters. The number of hydrogen-bond donors (Lipinski definition) is 1. The van der Waals surface area contributed by atoms with Crippen LogP contribution in [0.3, 0.4) is 0 Å². The van der Waals surface area contributed by atoms with Crippen LogP contribution in [0.4, 0.5) is 5.69 Å². The minimum atomic E-state index is -0.0888. The molecule has 1 aliphatic heterocycles. The molecule has 1 aromatic rings. The molecule has 100 valence electrons. The number of fused-ring (bicyclic) bond motifs is 1. The van der Waals surface area contributed by atoms with E-state index < -0.39 is 0 Å². The highest BCUT2D eigenvalue weighted by atomic mass is 16.6. The standard InChI is InChI=1S/C14H21NO3/c1-14(2,3)18-7-6-15-11-4-5-12-13(10-11)17-9-8-16-12/h4-5,10,15H,6-9H2,1-3H3. The fraction of sp³-hybridized carbons (Fsp3) is 0.571. The maximum absolute atomic E-state index is 5.65. The van der Waals surface area contributed by atoms with Crippen LogP contribution in [0, 0.1) is 0 Å². The first-order valence-electron chi connectivity index (χ1n) is 6.32. The highest BCUT2D eigenvalue weighted by molar-refractivity contribution is 5.55. The summed E-state index contributed by atoms with van der Waals surface area (Å²) >= 11 is 0.